The van der Waals surface area contributed by atoms with Crippen LogP contribution in [0.5, 0.6) is 0 Å². The van der Waals surface area contributed by atoms with Gasteiger partial charge in [-0.2, -0.15) is 13.2 Å². The van der Waals surface area contributed by atoms with E-state index in [2.05, 4.69) is 5.32 Å². The van der Waals surface area contributed by atoms with Crippen LogP contribution in [0.15, 0.2) is 54.7 Å². The summed E-state index contributed by atoms with van der Waals surface area (Å²) >= 11 is 6.01. The van der Waals surface area contributed by atoms with E-state index >= 15 is 0 Å². The summed E-state index contributed by atoms with van der Waals surface area (Å²) in [5, 5.41) is 2.63. The molecule has 1 aliphatic heterocycles. The molecular formula is C16H10ClF3N2O. The van der Waals surface area contributed by atoms with Gasteiger partial charge in [-0.05, 0) is 18.2 Å². The molecular weight excluding hydrogens is 329 g/mol. The maximum atomic E-state index is 13.1. The van der Waals surface area contributed by atoms with Gasteiger partial charge in [-0.25, -0.2) is 0 Å². The van der Waals surface area contributed by atoms with Crippen molar-refractivity contribution >= 4 is 34.6 Å². The van der Waals surface area contributed by atoms with Gasteiger partial charge in [0.2, 0.25) is 0 Å². The highest BCUT2D eigenvalue weighted by Gasteiger charge is 2.34. The van der Waals surface area contributed by atoms with E-state index in [1.807, 2.05) is 0 Å². The van der Waals surface area contributed by atoms with Gasteiger partial charge in [-0.15, -0.1) is 0 Å². The lowest BCUT2D eigenvalue weighted by Gasteiger charge is -2.18. The molecule has 7 heteroatoms. The predicted molar refractivity (Wildman–Crippen MR) is 82.8 cm³/mol. The molecule has 1 N–H and O–H groups in total. The van der Waals surface area contributed by atoms with Crippen LogP contribution in [0.4, 0.5) is 24.5 Å². The van der Waals surface area contributed by atoms with Crippen LogP contribution in [0.2, 0.25) is 0 Å². The van der Waals surface area contributed by atoms with Crippen molar-refractivity contribution in [2.24, 2.45) is 0 Å². The molecule has 0 aromatic heterocycles. The van der Waals surface area contributed by atoms with E-state index in [0.29, 0.717) is 11.3 Å². The number of nitrogens with zero attached hydrogens (tertiary/aromatic N) is 1. The molecule has 0 bridgehead atoms. The van der Waals surface area contributed by atoms with E-state index in [9.17, 15) is 18.0 Å². The van der Waals surface area contributed by atoms with Crippen molar-refractivity contribution in [2.45, 2.75) is 6.18 Å². The summed E-state index contributed by atoms with van der Waals surface area (Å²) in [7, 11) is 0. The Morgan fingerprint density at radius 1 is 1.04 bits per heavy atom. The van der Waals surface area contributed by atoms with Crippen molar-refractivity contribution in [3.8, 4) is 0 Å². The number of carbonyl (C=O) groups is 1. The van der Waals surface area contributed by atoms with Crippen molar-refractivity contribution in [1.82, 2.24) is 0 Å². The number of anilines is 2. The standard InChI is InChI=1S/C16H10ClF3N2O/c17-22(14-8-4-2-6-12(14)16(18,19)20)9-11-10-5-1-3-7-13(10)21-15(11)23/h1-9H,(H,21,23)/b11-9+. The number of hydrogen-bond donors (Lipinski definition) is 1. The molecule has 0 spiro atoms. The minimum atomic E-state index is -4.54. The number of benzene rings is 2. The van der Waals surface area contributed by atoms with E-state index in [-0.39, 0.29) is 11.3 Å². The number of para-hydroxylation sites is 2. The van der Waals surface area contributed by atoms with Gasteiger partial charge in [-0.3, -0.25) is 9.21 Å². The van der Waals surface area contributed by atoms with Crippen molar-refractivity contribution in [1.29, 1.82) is 0 Å². The number of carbonyl (C=O) groups excluding carboxylic acids is 1. The van der Waals surface area contributed by atoms with Crippen molar-refractivity contribution in [3.05, 3.63) is 65.9 Å². The minimum absolute atomic E-state index is 0.201. The summed E-state index contributed by atoms with van der Waals surface area (Å²) in [5.41, 5.74) is 0.267. The van der Waals surface area contributed by atoms with Gasteiger partial charge in [0.05, 0.1) is 16.8 Å². The lowest BCUT2D eigenvalue weighted by atomic mass is 10.1. The fourth-order valence-corrected chi connectivity index (χ4v) is 2.59. The first-order valence-electron chi connectivity index (χ1n) is 6.62. The molecule has 0 saturated heterocycles. The molecule has 3 rings (SSSR count). The average molecular weight is 339 g/mol. The Bertz CT molecular complexity index is 802. The molecule has 1 amide bonds. The summed E-state index contributed by atoms with van der Waals surface area (Å²) in [6.07, 6.45) is -3.36. The second-order valence-electron chi connectivity index (χ2n) is 4.87. The smallest absolute Gasteiger partial charge is 0.321 e. The van der Waals surface area contributed by atoms with Crippen LogP contribution in [-0.4, -0.2) is 5.91 Å². The highest BCUT2D eigenvalue weighted by atomic mass is 35.5. The van der Waals surface area contributed by atoms with Gasteiger partial charge in [0, 0.05) is 29.2 Å². The Kier molecular flexibility index (Phi) is 3.77. The molecule has 0 atom stereocenters. The zero-order valence-electron chi connectivity index (χ0n) is 11.6. The second kappa shape index (κ2) is 5.62. The zero-order chi connectivity index (χ0) is 16.6. The minimum Gasteiger partial charge on any atom is -0.321 e. The highest BCUT2D eigenvalue weighted by molar-refractivity contribution is 6.34. The monoisotopic (exact) mass is 338 g/mol. The number of alkyl halides is 3. The maximum Gasteiger partial charge on any atom is 0.418 e. The van der Waals surface area contributed by atoms with E-state index in [1.165, 1.54) is 24.4 Å². The third kappa shape index (κ3) is 2.90. The summed E-state index contributed by atoms with van der Waals surface area (Å²) in [5.74, 6) is -0.415. The molecule has 23 heavy (non-hydrogen) atoms. The van der Waals surface area contributed by atoms with E-state index in [1.54, 1.807) is 24.3 Å². The molecule has 2 aromatic rings. The fourth-order valence-electron chi connectivity index (χ4n) is 2.35. The number of halogens is 4. The molecule has 2 aromatic carbocycles. The van der Waals surface area contributed by atoms with Crippen LogP contribution in [0.25, 0.3) is 5.57 Å². The number of rotatable bonds is 2. The highest BCUT2D eigenvalue weighted by Crippen LogP contribution is 2.38. The molecule has 1 heterocycles. The van der Waals surface area contributed by atoms with Crippen LogP contribution in [-0.2, 0) is 11.0 Å². The fraction of sp³-hybridized carbons (Fsp3) is 0.0625. The number of amides is 1. The second-order valence-corrected chi connectivity index (χ2v) is 5.23. The summed E-state index contributed by atoms with van der Waals surface area (Å²) in [6, 6.07) is 11.8. The first-order valence-corrected chi connectivity index (χ1v) is 6.95. The van der Waals surface area contributed by atoms with Gasteiger partial charge < -0.3 is 5.32 Å². The molecule has 118 valence electrons. The molecule has 0 saturated carbocycles. The van der Waals surface area contributed by atoms with Crippen LogP contribution in [0.1, 0.15) is 11.1 Å². The summed E-state index contributed by atoms with van der Waals surface area (Å²) in [4.78, 5) is 12.0. The Hall–Kier alpha value is -2.47. The van der Waals surface area contributed by atoms with Gasteiger partial charge in [0.1, 0.15) is 0 Å². The first-order chi connectivity index (χ1) is 10.9. The van der Waals surface area contributed by atoms with Crippen LogP contribution >= 0.6 is 11.8 Å². The molecule has 0 aliphatic carbocycles. The largest absolute Gasteiger partial charge is 0.418 e. The van der Waals surface area contributed by atoms with Crippen LogP contribution in [0, 0.1) is 0 Å². The Balaban J connectivity index is 2.03. The molecule has 0 radical (unpaired) electrons. The normalized spacial score (nSPS) is 15.5. The third-order valence-corrected chi connectivity index (χ3v) is 3.67. The van der Waals surface area contributed by atoms with Crippen molar-refractivity contribution < 1.29 is 18.0 Å². The molecule has 1 aliphatic rings. The Labute approximate surface area is 135 Å². The topological polar surface area (TPSA) is 32.3 Å². The molecule has 3 nitrogen and oxygen atoms in total. The van der Waals surface area contributed by atoms with Gasteiger partial charge in [0.15, 0.2) is 0 Å². The Morgan fingerprint density at radius 2 is 1.70 bits per heavy atom. The average Bonchev–Trinajstić information content (AvgIpc) is 2.82. The van der Waals surface area contributed by atoms with E-state index in [4.69, 9.17) is 11.8 Å². The molecule has 0 fully saturated rings. The maximum absolute atomic E-state index is 13.1. The lowest BCUT2D eigenvalue weighted by Crippen LogP contribution is -2.13. The predicted octanol–water partition coefficient (Wildman–Crippen LogP) is 4.66. The SMILES string of the molecule is O=C1Nc2ccccc2/C1=C\N(Cl)c1ccccc1C(F)(F)F. The van der Waals surface area contributed by atoms with Crippen LogP contribution < -0.4 is 9.74 Å². The lowest BCUT2D eigenvalue weighted by molar-refractivity contribution is -0.137. The molecule has 0 unspecified atom stereocenters. The zero-order valence-corrected chi connectivity index (χ0v) is 12.3. The van der Waals surface area contributed by atoms with Crippen molar-refractivity contribution in [3.63, 3.8) is 0 Å². The summed E-state index contributed by atoms with van der Waals surface area (Å²) in [6.45, 7) is 0. The van der Waals surface area contributed by atoms with Gasteiger partial charge >= 0.3 is 6.18 Å². The number of nitrogens with one attached hydrogen (secondary N) is 1. The number of hydrogen-bond acceptors (Lipinski definition) is 2. The quantitative estimate of drug-likeness (QED) is 0.638. The van der Waals surface area contributed by atoms with E-state index in [0.717, 1.165) is 10.5 Å². The van der Waals surface area contributed by atoms with E-state index < -0.39 is 17.6 Å². The van der Waals surface area contributed by atoms with Crippen LogP contribution in [0.3, 0.4) is 0 Å². The third-order valence-electron chi connectivity index (χ3n) is 3.39. The van der Waals surface area contributed by atoms with Gasteiger partial charge in [-0.1, -0.05) is 30.3 Å². The van der Waals surface area contributed by atoms with Gasteiger partial charge in [0.25, 0.3) is 5.91 Å². The van der Waals surface area contributed by atoms with Crippen molar-refractivity contribution in [2.75, 3.05) is 9.74 Å². The Morgan fingerprint density at radius 3 is 2.43 bits per heavy atom. The summed E-state index contributed by atoms with van der Waals surface area (Å²) < 4.78 is 39.9. The first kappa shape index (κ1) is 15.4. The number of fused-ring (bicyclic) bond motifs is 1.